The number of carbonyl (C=O) groups excluding carboxylic acids is 1. The van der Waals surface area contributed by atoms with E-state index in [0.717, 1.165) is 32.6 Å². The minimum atomic E-state index is 0.00109. The Kier molecular flexibility index (Phi) is 6.52. The molecule has 1 fully saturated rings. The number of rotatable bonds is 6. The number of nitrogens with zero attached hydrogens (tertiary/aromatic N) is 1. The number of amides is 1. The van der Waals surface area contributed by atoms with Crippen molar-refractivity contribution in [2.45, 2.75) is 52.1 Å². The molecule has 0 bridgehead atoms. The van der Waals surface area contributed by atoms with Gasteiger partial charge in [0.25, 0.3) is 0 Å². The third-order valence-electron chi connectivity index (χ3n) is 3.41. The summed E-state index contributed by atoms with van der Waals surface area (Å²) in [5.74, 6) is 0.176. The van der Waals surface area contributed by atoms with Gasteiger partial charge in [-0.3, -0.25) is 9.69 Å². The van der Waals surface area contributed by atoms with E-state index in [4.69, 9.17) is 0 Å². The van der Waals surface area contributed by atoms with E-state index in [1.807, 2.05) is 6.92 Å². The molecule has 1 saturated heterocycles. The van der Waals surface area contributed by atoms with Crippen LogP contribution >= 0.6 is 0 Å². The van der Waals surface area contributed by atoms with Crippen molar-refractivity contribution >= 4 is 5.91 Å². The predicted molar refractivity (Wildman–Crippen MR) is 71.0 cm³/mol. The summed E-state index contributed by atoms with van der Waals surface area (Å²) in [7, 11) is 0. The number of unbranched alkanes of at least 4 members (excludes halogenated alkanes) is 2. The van der Waals surface area contributed by atoms with Crippen LogP contribution in [0, 0.1) is 0 Å². The van der Waals surface area contributed by atoms with Crippen LogP contribution in [0.5, 0.6) is 0 Å². The lowest BCUT2D eigenvalue weighted by Crippen LogP contribution is -2.55. The second-order valence-corrected chi connectivity index (χ2v) is 5.02. The molecule has 0 aliphatic carbocycles. The summed E-state index contributed by atoms with van der Waals surface area (Å²) in [4.78, 5) is 14.2. The molecule has 0 aromatic rings. The molecular formula is C13H27N3O. The Morgan fingerprint density at radius 1 is 1.53 bits per heavy atom. The highest BCUT2D eigenvalue weighted by atomic mass is 16.2. The molecule has 100 valence electrons. The van der Waals surface area contributed by atoms with E-state index in [0.29, 0.717) is 6.04 Å². The van der Waals surface area contributed by atoms with Gasteiger partial charge in [-0.2, -0.15) is 0 Å². The van der Waals surface area contributed by atoms with E-state index < -0.39 is 0 Å². The zero-order chi connectivity index (χ0) is 12.7. The van der Waals surface area contributed by atoms with Crippen molar-refractivity contribution in [1.29, 1.82) is 0 Å². The first kappa shape index (κ1) is 14.5. The second-order valence-electron chi connectivity index (χ2n) is 5.02. The fourth-order valence-electron chi connectivity index (χ4n) is 2.21. The van der Waals surface area contributed by atoms with Crippen LogP contribution in [0.4, 0.5) is 0 Å². The molecule has 1 aliphatic rings. The fourth-order valence-corrected chi connectivity index (χ4v) is 2.21. The Morgan fingerprint density at radius 2 is 2.29 bits per heavy atom. The molecule has 1 amide bonds. The minimum absolute atomic E-state index is 0.00109. The van der Waals surface area contributed by atoms with Crippen molar-refractivity contribution < 1.29 is 4.79 Å². The number of piperazine rings is 1. The molecule has 2 N–H and O–H groups in total. The molecule has 1 heterocycles. The Hall–Kier alpha value is -0.610. The first-order valence-electron chi connectivity index (χ1n) is 6.90. The van der Waals surface area contributed by atoms with Gasteiger partial charge in [-0.05, 0) is 20.3 Å². The van der Waals surface area contributed by atoms with Crippen LogP contribution in [0.3, 0.4) is 0 Å². The van der Waals surface area contributed by atoms with Crippen LogP contribution in [0.1, 0.15) is 40.0 Å². The number of hydrogen-bond acceptors (Lipinski definition) is 3. The van der Waals surface area contributed by atoms with Gasteiger partial charge >= 0.3 is 0 Å². The molecule has 1 aliphatic heterocycles. The molecule has 4 heteroatoms. The third-order valence-corrected chi connectivity index (χ3v) is 3.41. The summed E-state index contributed by atoms with van der Waals surface area (Å²) in [6.07, 6.45) is 3.48. The van der Waals surface area contributed by atoms with Crippen LogP contribution in [0.2, 0.25) is 0 Å². The molecule has 0 saturated carbocycles. The van der Waals surface area contributed by atoms with Crippen molar-refractivity contribution in [2.75, 3.05) is 26.2 Å². The summed E-state index contributed by atoms with van der Waals surface area (Å²) in [5, 5.41) is 6.42. The molecule has 17 heavy (non-hydrogen) atoms. The normalized spacial score (nSPS) is 23.4. The zero-order valence-corrected chi connectivity index (χ0v) is 11.5. The molecule has 1 rings (SSSR count). The largest absolute Gasteiger partial charge is 0.355 e. The van der Waals surface area contributed by atoms with Crippen LogP contribution in [0.15, 0.2) is 0 Å². The minimum Gasteiger partial charge on any atom is -0.355 e. The molecule has 0 aromatic heterocycles. The first-order valence-corrected chi connectivity index (χ1v) is 6.90. The molecule has 2 atom stereocenters. The van der Waals surface area contributed by atoms with Crippen molar-refractivity contribution in [1.82, 2.24) is 15.5 Å². The van der Waals surface area contributed by atoms with Crippen molar-refractivity contribution in [3.8, 4) is 0 Å². The fraction of sp³-hybridized carbons (Fsp3) is 0.923. The summed E-state index contributed by atoms with van der Waals surface area (Å²) in [6, 6.07) is 0.486. The van der Waals surface area contributed by atoms with E-state index in [1.165, 1.54) is 12.8 Å². The zero-order valence-electron chi connectivity index (χ0n) is 11.5. The maximum absolute atomic E-state index is 11.9. The van der Waals surface area contributed by atoms with Gasteiger partial charge < -0.3 is 10.6 Å². The lowest BCUT2D eigenvalue weighted by Gasteiger charge is -2.35. The summed E-state index contributed by atoms with van der Waals surface area (Å²) < 4.78 is 0. The highest BCUT2D eigenvalue weighted by molar-refractivity contribution is 5.81. The lowest BCUT2D eigenvalue weighted by molar-refractivity contribution is -0.126. The Labute approximate surface area is 105 Å². The van der Waals surface area contributed by atoms with Gasteiger partial charge in [0.1, 0.15) is 0 Å². The van der Waals surface area contributed by atoms with E-state index in [9.17, 15) is 4.79 Å². The topological polar surface area (TPSA) is 44.4 Å². The molecule has 0 radical (unpaired) electrons. The highest BCUT2D eigenvalue weighted by Gasteiger charge is 2.24. The van der Waals surface area contributed by atoms with E-state index in [1.54, 1.807) is 0 Å². The Balaban J connectivity index is 2.25. The van der Waals surface area contributed by atoms with E-state index >= 15 is 0 Å². The summed E-state index contributed by atoms with van der Waals surface area (Å²) in [6.45, 7) is 10.1. The monoisotopic (exact) mass is 241 g/mol. The van der Waals surface area contributed by atoms with Crippen LogP contribution in [0.25, 0.3) is 0 Å². The average Bonchev–Trinajstić information content (AvgIpc) is 2.33. The van der Waals surface area contributed by atoms with E-state index in [2.05, 4.69) is 29.4 Å². The van der Waals surface area contributed by atoms with Crippen LogP contribution in [-0.2, 0) is 4.79 Å². The number of carbonyl (C=O) groups is 1. The first-order chi connectivity index (χ1) is 8.15. The molecule has 0 spiro atoms. The Bertz CT molecular complexity index is 233. The maximum Gasteiger partial charge on any atom is 0.237 e. The van der Waals surface area contributed by atoms with E-state index in [-0.39, 0.29) is 11.9 Å². The lowest BCUT2D eigenvalue weighted by atomic mass is 10.1. The smallest absolute Gasteiger partial charge is 0.237 e. The van der Waals surface area contributed by atoms with Crippen molar-refractivity contribution in [3.63, 3.8) is 0 Å². The van der Waals surface area contributed by atoms with Gasteiger partial charge in [0, 0.05) is 32.2 Å². The van der Waals surface area contributed by atoms with Gasteiger partial charge in [0.2, 0.25) is 5.91 Å². The van der Waals surface area contributed by atoms with Crippen molar-refractivity contribution in [3.05, 3.63) is 0 Å². The summed E-state index contributed by atoms with van der Waals surface area (Å²) >= 11 is 0. The molecular weight excluding hydrogens is 214 g/mol. The average molecular weight is 241 g/mol. The SMILES string of the molecule is CCCCCNC(=O)C(C)N1CCN[C@@H](C)C1. The summed E-state index contributed by atoms with van der Waals surface area (Å²) in [5.41, 5.74) is 0. The van der Waals surface area contributed by atoms with Gasteiger partial charge in [0.15, 0.2) is 0 Å². The molecule has 1 unspecified atom stereocenters. The van der Waals surface area contributed by atoms with Gasteiger partial charge in [-0.1, -0.05) is 19.8 Å². The standard InChI is InChI=1S/C13H27N3O/c1-4-5-6-7-15-13(17)12(3)16-9-8-14-11(2)10-16/h11-12,14H,4-10H2,1-3H3,(H,15,17)/t11-,12?/m0/s1. The molecule has 0 aromatic carbocycles. The van der Waals surface area contributed by atoms with Gasteiger partial charge in [0.05, 0.1) is 6.04 Å². The number of hydrogen-bond donors (Lipinski definition) is 2. The second kappa shape index (κ2) is 7.67. The quantitative estimate of drug-likeness (QED) is 0.681. The predicted octanol–water partition coefficient (Wildman–Crippen LogP) is 0.975. The van der Waals surface area contributed by atoms with Gasteiger partial charge in [-0.25, -0.2) is 0 Å². The van der Waals surface area contributed by atoms with Crippen LogP contribution < -0.4 is 10.6 Å². The third kappa shape index (κ3) is 5.04. The number of nitrogens with one attached hydrogen (secondary N) is 2. The van der Waals surface area contributed by atoms with Crippen LogP contribution in [-0.4, -0.2) is 49.1 Å². The van der Waals surface area contributed by atoms with Gasteiger partial charge in [-0.15, -0.1) is 0 Å². The maximum atomic E-state index is 11.9. The Morgan fingerprint density at radius 3 is 2.94 bits per heavy atom. The molecule has 4 nitrogen and oxygen atoms in total. The van der Waals surface area contributed by atoms with Crippen molar-refractivity contribution in [2.24, 2.45) is 0 Å². The highest BCUT2D eigenvalue weighted by Crippen LogP contribution is 2.04.